The van der Waals surface area contributed by atoms with E-state index < -0.39 is 0 Å². The van der Waals surface area contributed by atoms with Crippen molar-refractivity contribution in [2.45, 2.75) is 32.7 Å². The van der Waals surface area contributed by atoms with E-state index in [4.69, 9.17) is 9.15 Å². The third kappa shape index (κ3) is 3.13. The molecule has 0 N–H and O–H groups in total. The molecule has 0 bridgehead atoms. The Morgan fingerprint density at radius 1 is 1.15 bits per heavy atom. The summed E-state index contributed by atoms with van der Waals surface area (Å²) in [6.07, 6.45) is 0.802. The molecule has 4 rings (SSSR count). The highest BCUT2D eigenvalue weighted by Gasteiger charge is 2.23. The van der Waals surface area contributed by atoms with Gasteiger partial charge in [0.2, 0.25) is 0 Å². The van der Waals surface area contributed by atoms with Crippen molar-refractivity contribution in [1.29, 1.82) is 0 Å². The SMILES string of the molecule is CCc1cc(=O)oc2c3c(ccc12)OCN(CC(C)c1ccccc1)C3. The van der Waals surface area contributed by atoms with Crippen LogP contribution in [0.5, 0.6) is 5.75 Å². The highest BCUT2D eigenvalue weighted by molar-refractivity contribution is 5.85. The molecule has 0 aliphatic carbocycles. The van der Waals surface area contributed by atoms with Crippen LogP contribution in [0.3, 0.4) is 0 Å². The summed E-state index contributed by atoms with van der Waals surface area (Å²) in [5.74, 6) is 1.21. The molecule has 0 saturated carbocycles. The van der Waals surface area contributed by atoms with Crippen molar-refractivity contribution in [3.8, 4) is 5.75 Å². The van der Waals surface area contributed by atoms with Gasteiger partial charge in [-0.3, -0.25) is 4.90 Å². The van der Waals surface area contributed by atoms with E-state index >= 15 is 0 Å². The lowest BCUT2D eigenvalue weighted by molar-refractivity contribution is 0.0909. The Morgan fingerprint density at radius 2 is 1.96 bits per heavy atom. The average molecular weight is 349 g/mol. The fourth-order valence-electron chi connectivity index (χ4n) is 3.73. The maximum Gasteiger partial charge on any atom is 0.336 e. The second kappa shape index (κ2) is 6.96. The number of nitrogens with zero attached hydrogens (tertiary/aromatic N) is 1. The van der Waals surface area contributed by atoms with Gasteiger partial charge in [-0.15, -0.1) is 0 Å². The largest absolute Gasteiger partial charge is 0.478 e. The Bertz CT molecular complexity index is 978. The van der Waals surface area contributed by atoms with E-state index in [1.807, 2.05) is 18.2 Å². The van der Waals surface area contributed by atoms with E-state index in [-0.39, 0.29) is 5.63 Å². The Balaban J connectivity index is 1.65. The molecule has 1 aromatic heterocycles. The molecule has 1 atom stereocenters. The Labute approximate surface area is 153 Å². The zero-order valence-corrected chi connectivity index (χ0v) is 15.2. The topological polar surface area (TPSA) is 42.7 Å². The van der Waals surface area contributed by atoms with E-state index in [1.165, 1.54) is 5.56 Å². The smallest absolute Gasteiger partial charge is 0.336 e. The minimum atomic E-state index is -0.294. The van der Waals surface area contributed by atoms with Crippen molar-refractivity contribution in [2.24, 2.45) is 0 Å². The van der Waals surface area contributed by atoms with Crippen LogP contribution in [0.1, 0.15) is 36.5 Å². The monoisotopic (exact) mass is 349 g/mol. The summed E-state index contributed by atoms with van der Waals surface area (Å²) >= 11 is 0. The quantitative estimate of drug-likeness (QED) is 0.658. The lowest BCUT2D eigenvalue weighted by atomic mass is 9.99. The number of ether oxygens (including phenoxy) is 1. The predicted molar refractivity (Wildman–Crippen MR) is 103 cm³/mol. The van der Waals surface area contributed by atoms with Crippen molar-refractivity contribution in [1.82, 2.24) is 4.90 Å². The molecule has 1 unspecified atom stereocenters. The normalized spacial score (nSPS) is 15.5. The summed E-state index contributed by atoms with van der Waals surface area (Å²) in [5.41, 5.74) is 3.69. The maximum atomic E-state index is 12.0. The van der Waals surface area contributed by atoms with Gasteiger partial charge in [-0.2, -0.15) is 0 Å². The number of aryl methyl sites for hydroxylation is 1. The molecule has 0 spiro atoms. The summed E-state index contributed by atoms with van der Waals surface area (Å²) < 4.78 is 11.5. The van der Waals surface area contributed by atoms with Gasteiger partial charge in [0.25, 0.3) is 0 Å². The first-order valence-corrected chi connectivity index (χ1v) is 9.14. The van der Waals surface area contributed by atoms with Crippen LogP contribution < -0.4 is 10.4 Å². The van der Waals surface area contributed by atoms with Crippen LogP contribution in [0.4, 0.5) is 0 Å². The van der Waals surface area contributed by atoms with E-state index in [0.29, 0.717) is 18.2 Å². The van der Waals surface area contributed by atoms with Gasteiger partial charge in [0.05, 0.1) is 5.56 Å². The minimum Gasteiger partial charge on any atom is -0.478 e. The molecule has 26 heavy (non-hydrogen) atoms. The average Bonchev–Trinajstić information content (AvgIpc) is 2.68. The van der Waals surface area contributed by atoms with Gasteiger partial charge in [-0.05, 0) is 35.6 Å². The van der Waals surface area contributed by atoms with Gasteiger partial charge in [-0.25, -0.2) is 4.79 Å². The van der Waals surface area contributed by atoms with Gasteiger partial charge < -0.3 is 9.15 Å². The maximum absolute atomic E-state index is 12.0. The predicted octanol–water partition coefficient (Wildman–Crippen LogP) is 4.31. The molecule has 0 saturated heterocycles. The molecule has 134 valence electrons. The standard InChI is InChI=1S/C22H23NO3/c1-3-16-11-21(24)26-22-18(16)9-10-20-19(22)13-23(14-25-20)12-15(2)17-7-5-4-6-8-17/h4-11,15H,3,12-14H2,1-2H3. The highest BCUT2D eigenvalue weighted by atomic mass is 16.5. The molecular formula is C22H23NO3. The molecule has 3 aromatic rings. The van der Waals surface area contributed by atoms with Crippen LogP contribution in [0.25, 0.3) is 11.0 Å². The lowest BCUT2D eigenvalue weighted by Gasteiger charge is -2.31. The molecule has 1 aliphatic heterocycles. The van der Waals surface area contributed by atoms with Gasteiger partial charge in [-0.1, -0.05) is 44.2 Å². The number of hydrogen-bond donors (Lipinski definition) is 0. The van der Waals surface area contributed by atoms with Crippen LogP contribution in [-0.4, -0.2) is 18.2 Å². The molecule has 0 radical (unpaired) electrons. The van der Waals surface area contributed by atoms with E-state index in [9.17, 15) is 4.79 Å². The van der Waals surface area contributed by atoms with E-state index in [2.05, 4.69) is 43.0 Å². The summed E-state index contributed by atoms with van der Waals surface area (Å²) in [4.78, 5) is 14.2. The Morgan fingerprint density at radius 3 is 2.73 bits per heavy atom. The van der Waals surface area contributed by atoms with Crippen molar-refractivity contribution in [2.75, 3.05) is 13.3 Å². The summed E-state index contributed by atoms with van der Waals surface area (Å²) in [6, 6.07) is 16.1. The Hall–Kier alpha value is -2.59. The van der Waals surface area contributed by atoms with Gasteiger partial charge in [0.15, 0.2) is 0 Å². The first-order chi connectivity index (χ1) is 12.7. The van der Waals surface area contributed by atoms with E-state index in [1.54, 1.807) is 6.07 Å². The van der Waals surface area contributed by atoms with Crippen molar-refractivity contribution in [3.05, 3.63) is 75.6 Å². The second-order valence-corrected chi connectivity index (χ2v) is 6.96. The molecule has 1 aliphatic rings. The fourth-order valence-corrected chi connectivity index (χ4v) is 3.73. The second-order valence-electron chi connectivity index (χ2n) is 6.96. The zero-order valence-electron chi connectivity index (χ0n) is 15.2. The number of fused-ring (bicyclic) bond motifs is 3. The highest BCUT2D eigenvalue weighted by Crippen LogP contribution is 2.33. The molecule has 2 aromatic carbocycles. The molecule has 4 heteroatoms. The molecule has 0 fully saturated rings. The number of hydrogen-bond acceptors (Lipinski definition) is 4. The third-order valence-electron chi connectivity index (χ3n) is 5.12. The molecular weight excluding hydrogens is 326 g/mol. The Kier molecular flexibility index (Phi) is 4.51. The van der Waals surface area contributed by atoms with Crippen LogP contribution >= 0.6 is 0 Å². The first-order valence-electron chi connectivity index (χ1n) is 9.14. The summed E-state index contributed by atoms with van der Waals surface area (Å²) in [7, 11) is 0. The molecule has 0 amide bonds. The van der Waals surface area contributed by atoms with Gasteiger partial charge >= 0.3 is 5.63 Å². The first kappa shape index (κ1) is 16.9. The van der Waals surface area contributed by atoms with Crippen LogP contribution in [0.15, 0.2) is 57.7 Å². The van der Waals surface area contributed by atoms with Crippen molar-refractivity contribution in [3.63, 3.8) is 0 Å². The molecule has 2 heterocycles. The summed E-state index contributed by atoms with van der Waals surface area (Å²) in [5, 5.41) is 1.01. The fraction of sp³-hybridized carbons (Fsp3) is 0.318. The molecule has 4 nitrogen and oxygen atoms in total. The zero-order chi connectivity index (χ0) is 18.1. The van der Waals surface area contributed by atoms with Crippen LogP contribution in [0, 0.1) is 0 Å². The van der Waals surface area contributed by atoms with Gasteiger partial charge in [0, 0.05) is 24.5 Å². The van der Waals surface area contributed by atoms with E-state index in [0.717, 1.165) is 41.8 Å². The lowest BCUT2D eigenvalue weighted by Crippen LogP contribution is -2.34. The number of rotatable bonds is 4. The van der Waals surface area contributed by atoms with Crippen molar-refractivity contribution < 1.29 is 9.15 Å². The van der Waals surface area contributed by atoms with Crippen LogP contribution in [0.2, 0.25) is 0 Å². The van der Waals surface area contributed by atoms with Crippen molar-refractivity contribution >= 4 is 11.0 Å². The minimum absolute atomic E-state index is 0.294. The number of benzene rings is 2. The summed E-state index contributed by atoms with van der Waals surface area (Å²) in [6.45, 7) is 6.44. The third-order valence-corrected chi connectivity index (χ3v) is 5.12. The van der Waals surface area contributed by atoms with Gasteiger partial charge in [0.1, 0.15) is 18.1 Å². The van der Waals surface area contributed by atoms with Crippen LogP contribution in [-0.2, 0) is 13.0 Å².